The number of aryl methyl sites for hydroxylation is 1. The van der Waals surface area contributed by atoms with E-state index in [0.717, 1.165) is 10.0 Å². The Morgan fingerprint density at radius 3 is 2.40 bits per heavy atom. The van der Waals surface area contributed by atoms with Gasteiger partial charge in [-0.3, -0.25) is 14.2 Å². The minimum absolute atomic E-state index is 0.126. The van der Waals surface area contributed by atoms with Crippen LogP contribution in [-0.2, 0) is 4.74 Å². The number of hydrogen-bond donors (Lipinski definition) is 0. The molecule has 1 amide bonds. The molecule has 0 saturated heterocycles. The molecule has 35 heavy (non-hydrogen) atoms. The Balaban J connectivity index is 1.92. The fourth-order valence-corrected chi connectivity index (χ4v) is 4.47. The first-order chi connectivity index (χ1) is 16.9. The molecule has 0 bridgehead atoms. The number of carbonyl (C=O) groups excluding carboxylic acids is 1. The van der Waals surface area contributed by atoms with Crippen LogP contribution in [0.1, 0.15) is 41.1 Å². The van der Waals surface area contributed by atoms with Crippen molar-refractivity contribution < 1.29 is 9.53 Å². The lowest BCUT2D eigenvalue weighted by Gasteiger charge is -2.32. The third-order valence-electron chi connectivity index (χ3n) is 6.04. The van der Waals surface area contributed by atoms with E-state index < -0.39 is 6.04 Å². The van der Waals surface area contributed by atoms with E-state index in [2.05, 4.69) is 15.9 Å². The van der Waals surface area contributed by atoms with Gasteiger partial charge in [-0.05, 0) is 61.9 Å². The second-order valence-electron chi connectivity index (χ2n) is 8.39. The van der Waals surface area contributed by atoms with Crippen LogP contribution in [0.2, 0.25) is 0 Å². The minimum atomic E-state index is -0.445. The summed E-state index contributed by atoms with van der Waals surface area (Å²) in [6, 6.07) is 21.9. The average molecular weight is 534 g/mol. The summed E-state index contributed by atoms with van der Waals surface area (Å²) in [6.45, 7) is 4.72. The molecular weight excluding hydrogens is 506 g/mol. The summed E-state index contributed by atoms with van der Waals surface area (Å²) in [5, 5.41) is 0.530. The molecule has 4 aromatic rings. The lowest BCUT2D eigenvalue weighted by Crippen LogP contribution is -2.40. The number of ether oxygens (including phenoxy) is 1. The zero-order valence-electron chi connectivity index (χ0n) is 20.1. The molecule has 3 aromatic carbocycles. The number of nitrogens with zero attached hydrogens (tertiary/aromatic N) is 3. The molecule has 0 fully saturated rings. The summed E-state index contributed by atoms with van der Waals surface area (Å²) in [7, 11) is 1.61. The number of methoxy groups -OCH3 is 1. The first kappa shape index (κ1) is 24.8. The van der Waals surface area contributed by atoms with Gasteiger partial charge < -0.3 is 9.64 Å². The normalized spacial score (nSPS) is 12.0. The molecule has 0 aliphatic rings. The number of aromatic nitrogens is 2. The maximum atomic E-state index is 13.8. The molecule has 0 spiro atoms. The van der Waals surface area contributed by atoms with Gasteiger partial charge in [-0.1, -0.05) is 52.7 Å². The van der Waals surface area contributed by atoms with E-state index in [0.29, 0.717) is 47.6 Å². The minimum Gasteiger partial charge on any atom is -0.383 e. The van der Waals surface area contributed by atoms with Crippen molar-refractivity contribution in [1.29, 1.82) is 0 Å². The molecule has 6 nitrogen and oxygen atoms in total. The van der Waals surface area contributed by atoms with E-state index in [1.54, 1.807) is 22.6 Å². The van der Waals surface area contributed by atoms with Gasteiger partial charge in [0.15, 0.2) is 0 Å². The molecule has 180 valence electrons. The molecule has 0 aliphatic carbocycles. The molecule has 0 aliphatic heterocycles. The van der Waals surface area contributed by atoms with E-state index in [4.69, 9.17) is 9.72 Å². The average Bonchev–Trinajstić information content (AvgIpc) is 2.87. The van der Waals surface area contributed by atoms with Gasteiger partial charge in [0.25, 0.3) is 11.5 Å². The Kier molecular flexibility index (Phi) is 7.78. The van der Waals surface area contributed by atoms with Crippen molar-refractivity contribution in [3.05, 3.63) is 105 Å². The summed E-state index contributed by atoms with van der Waals surface area (Å²) in [5.74, 6) is 0.397. The third kappa shape index (κ3) is 5.21. The number of carbonyl (C=O) groups is 1. The molecule has 0 saturated carbocycles. The fraction of sp³-hybridized carbons (Fsp3) is 0.250. The van der Waals surface area contributed by atoms with Crippen LogP contribution in [0.4, 0.5) is 0 Å². The molecule has 7 heteroatoms. The molecule has 1 heterocycles. The second kappa shape index (κ2) is 11.0. The van der Waals surface area contributed by atoms with Crippen molar-refractivity contribution >= 4 is 32.7 Å². The number of rotatable bonds is 8. The predicted octanol–water partition coefficient (Wildman–Crippen LogP) is 5.70. The van der Waals surface area contributed by atoms with Gasteiger partial charge in [0, 0.05) is 23.7 Å². The van der Waals surface area contributed by atoms with Gasteiger partial charge in [-0.15, -0.1) is 0 Å². The zero-order valence-corrected chi connectivity index (χ0v) is 21.7. The zero-order chi connectivity index (χ0) is 24.9. The number of benzene rings is 3. The highest BCUT2D eigenvalue weighted by Crippen LogP contribution is 2.28. The van der Waals surface area contributed by atoms with Crippen LogP contribution in [-0.4, -0.2) is 40.6 Å². The van der Waals surface area contributed by atoms with E-state index in [-0.39, 0.29) is 11.5 Å². The van der Waals surface area contributed by atoms with Gasteiger partial charge in [0.05, 0.1) is 29.2 Å². The Labute approximate surface area is 213 Å². The molecule has 4 rings (SSSR count). The van der Waals surface area contributed by atoms with E-state index in [1.165, 1.54) is 0 Å². The standard InChI is InChI=1S/C28H28BrN3O3/c1-4-25(31(17-18-35-3)27(33)20-11-9-19(2)10-12-20)26-30-24-8-6-5-7-23(24)28(34)32(26)22-15-13-21(29)14-16-22/h5-16,25H,4,17-18H2,1-3H3. The largest absolute Gasteiger partial charge is 0.383 e. The SMILES string of the molecule is CCC(c1nc2ccccc2c(=O)n1-c1ccc(Br)cc1)N(CCOC)C(=O)c1ccc(C)cc1. The van der Waals surface area contributed by atoms with Crippen LogP contribution in [0.15, 0.2) is 82.1 Å². The quantitative estimate of drug-likeness (QED) is 0.291. The van der Waals surface area contributed by atoms with Gasteiger partial charge in [-0.2, -0.15) is 0 Å². The summed E-state index contributed by atoms with van der Waals surface area (Å²) in [4.78, 5) is 34.2. The number of halogens is 1. The van der Waals surface area contributed by atoms with Crippen molar-refractivity contribution in [3.63, 3.8) is 0 Å². The van der Waals surface area contributed by atoms with Crippen molar-refractivity contribution in [1.82, 2.24) is 14.5 Å². The number of hydrogen-bond acceptors (Lipinski definition) is 4. The summed E-state index contributed by atoms with van der Waals surface area (Å²) < 4.78 is 7.88. The van der Waals surface area contributed by atoms with Gasteiger partial charge in [0.2, 0.25) is 0 Å². The highest BCUT2D eigenvalue weighted by molar-refractivity contribution is 9.10. The second-order valence-corrected chi connectivity index (χ2v) is 9.30. The van der Waals surface area contributed by atoms with Crippen molar-refractivity contribution in [3.8, 4) is 5.69 Å². The number of amides is 1. The maximum absolute atomic E-state index is 13.8. The number of fused-ring (bicyclic) bond motifs is 1. The Morgan fingerprint density at radius 2 is 1.74 bits per heavy atom. The lowest BCUT2D eigenvalue weighted by molar-refractivity contribution is 0.0579. The fourth-order valence-electron chi connectivity index (χ4n) is 4.21. The number of para-hydroxylation sites is 1. The Morgan fingerprint density at radius 1 is 1.06 bits per heavy atom. The monoisotopic (exact) mass is 533 g/mol. The van der Waals surface area contributed by atoms with E-state index in [1.807, 2.05) is 80.6 Å². The predicted molar refractivity (Wildman–Crippen MR) is 142 cm³/mol. The van der Waals surface area contributed by atoms with Crippen LogP contribution < -0.4 is 5.56 Å². The molecule has 1 aromatic heterocycles. The summed E-state index contributed by atoms with van der Waals surface area (Å²) >= 11 is 3.47. The van der Waals surface area contributed by atoms with Crippen LogP contribution in [0.25, 0.3) is 16.6 Å². The van der Waals surface area contributed by atoms with Gasteiger partial charge in [0.1, 0.15) is 5.82 Å². The summed E-state index contributed by atoms with van der Waals surface area (Å²) in [5.41, 5.74) is 2.80. The molecular formula is C28H28BrN3O3. The molecule has 1 unspecified atom stereocenters. The van der Waals surface area contributed by atoms with Gasteiger partial charge in [-0.25, -0.2) is 4.98 Å². The van der Waals surface area contributed by atoms with Gasteiger partial charge >= 0.3 is 0 Å². The van der Waals surface area contributed by atoms with Crippen LogP contribution in [0, 0.1) is 6.92 Å². The van der Waals surface area contributed by atoms with E-state index in [9.17, 15) is 9.59 Å². The van der Waals surface area contributed by atoms with Crippen LogP contribution >= 0.6 is 15.9 Å². The topological polar surface area (TPSA) is 64.4 Å². The maximum Gasteiger partial charge on any atom is 0.266 e. The third-order valence-corrected chi connectivity index (χ3v) is 6.57. The molecule has 0 radical (unpaired) electrons. The van der Waals surface area contributed by atoms with Crippen LogP contribution in [0.5, 0.6) is 0 Å². The summed E-state index contributed by atoms with van der Waals surface area (Å²) in [6.07, 6.45) is 0.572. The van der Waals surface area contributed by atoms with Crippen molar-refractivity contribution in [2.24, 2.45) is 0 Å². The first-order valence-corrected chi connectivity index (χ1v) is 12.4. The lowest BCUT2D eigenvalue weighted by atomic mass is 10.1. The van der Waals surface area contributed by atoms with Crippen molar-refractivity contribution in [2.45, 2.75) is 26.3 Å². The first-order valence-electron chi connectivity index (χ1n) is 11.6. The highest BCUT2D eigenvalue weighted by Gasteiger charge is 2.29. The Bertz CT molecular complexity index is 1380. The van der Waals surface area contributed by atoms with E-state index >= 15 is 0 Å². The Hall–Kier alpha value is -3.29. The van der Waals surface area contributed by atoms with Crippen molar-refractivity contribution in [2.75, 3.05) is 20.3 Å². The van der Waals surface area contributed by atoms with Crippen LogP contribution in [0.3, 0.4) is 0 Å². The smallest absolute Gasteiger partial charge is 0.266 e. The molecule has 1 atom stereocenters. The highest BCUT2D eigenvalue weighted by atomic mass is 79.9. The molecule has 0 N–H and O–H groups in total.